The summed E-state index contributed by atoms with van der Waals surface area (Å²) in [5, 5.41) is 17.6. The second kappa shape index (κ2) is 8.43. The molecule has 0 spiro atoms. The van der Waals surface area contributed by atoms with Gasteiger partial charge in [-0.3, -0.25) is 0 Å². The second-order valence-electron chi connectivity index (χ2n) is 8.33. The molecule has 0 radical (unpaired) electrons. The fourth-order valence-electron chi connectivity index (χ4n) is 4.56. The summed E-state index contributed by atoms with van der Waals surface area (Å²) < 4.78 is 28.4. The molecular weight excluding hydrogens is 414 g/mol. The predicted octanol–water partition coefficient (Wildman–Crippen LogP) is 3.68. The quantitative estimate of drug-likeness (QED) is 0.494. The molecule has 0 aromatic heterocycles. The molecule has 31 heavy (non-hydrogen) atoms. The molecule has 0 amide bonds. The average molecular weight is 442 g/mol. The van der Waals surface area contributed by atoms with Crippen molar-refractivity contribution in [3.8, 4) is 0 Å². The Labute approximate surface area is 183 Å². The molecule has 1 heterocycles. The van der Waals surface area contributed by atoms with E-state index >= 15 is 0 Å². The standard InChI is InChI=1S/C23H27N3O4S/c1-4-30-25-23-19-8-6-5-7-18(19)22(24-27)21-12-17(9-10-20(21)23)31(28,29)26-13-15(2)11-16(3)14-26/h5-10,12,15-16,27H,4,11,13-14H2,1-3H3/b24-22+,25-23-. The van der Waals surface area contributed by atoms with E-state index in [0.717, 1.165) is 12.0 Å². The molecule has 2 aromatic carbocycles. The van der Waals surface area contributed by atoms with Gasteiger partial charge in [0.25, 0.3) is 0 Å². The molecule has 1 fully saturated rings. The molecule has 1 aliphatic heterocycles. The third-order valence-corrected chi connectivity index (χ3v) is 7.62. The molecule has 7 nitrogen and oxygen atoms in total. The van der Waals surface area contributed by atoms with Crippen molar-refractivity contribution < 1.29 is 18.5 Å². The van der Waals surface area contributed by atoms with Crippen molar-refractivity contribution in [2.75, 3.05) is 19.7 Å². The third kappa shape index (κ3) is 3.85. The molecule has 2 atom stereocenters. The maximum absolute atomic E-state index is 13.4. The van der Waals surface area contributed by atoms with Crippen molar-refractivity contribution in [1.82, 2.24) is 4.31 Å². The van der Waals surface area contributed by atoms with Crippen LogP contribution in [0.25, 0.3) is 0 Å². The average Bonchev–Trinajstić information content (AvgIpc) is 2.75. The largest absolute Gasteiger partial charge is 0.410 e. The fraction of sp³-hybridized carbons (Fsp3) is 0.391. The maximum atomic E-state index is 13.4. The fourth-order valence-corrected chi connectivity index (χ4v) is 6.27. The predicted molar refractivity (Wildman–Crippen MR) is 119 cm³/mol. The van der Waals surface area contributed by atoms with E-state index in [9.17, 15) is 13.6 Å². The summed E-state index contributed by atoms with van der Waals surface area (Å²) in [6.45, 7) is 7.41. The number of benzene rings is 2. The van der Waals surface area contributed by atoms with Crippen LogP contribution in [0.4, 0.5) is 0 Å². The first kappa shape index (κ1) is 21.5. The van der Waals surface area contributed by atoms with Crippen LogP contribution in [0, 0.1) is 11.8 Å². The second-order valence-corrected chi connectivity index (χ2v) is 10.3. The minimum atomic E-state index is -3.68. The number of piperidine rings is 1. The van der Waals surface area contributed by atoms with Crippen LogP contribution in [0.15, 0.2) is 57.7 Å². The van der Waals surface area contributed by atoms with Crippen LogP contribution in [-0.4, -0.2) is 49.1 Å². The number of fused-ring (bicyclic) bond motifs is 2. The first-order valence-electron chi connectivity index (χ1n) is 10.5. The summed E-state index contributed by atoms with van der Waals surface area (Å²) in [6.07, 6.45) is 1.02. The van der Waals surface area contributed by atoms with Gasteiger partial charge >= 0.3 is 0 Å². The van der Waals surface area contributed by atoms with E-state index in [1.165, 1.54) is 0 Å². The van der Waals surface area contributed by atoms with Crippen molar-refractivity contribution in [1.29, 1.82) is 0 Å². The lowest BCUT2D eigenvalue weighted by Gasteiger charge is -2.34. The molecular formula is C23H27N3O4S. The highest BCUT2D eigenvalue weighted by Gasteiger charge is 2.34. The first-order chi connectivity index (χ1) is 14.9. The molecule has 4 rings (SSSR count). The SMILES string of the molecule is CCO/N=C1/c2ccccc2/C(=N\O)c2cc(S(=O)(=O)N3CC(C)CC(C)C3)ccc21. The van der Waals surface area contributed by atoms with E-state index in [1.54, 1.807) is 22.5 Å². The molecule has 1 saturated heterocycles. The third-order valence-electron chi connectivity index (χ3n) is 5.80. The van der Waals surface area contributed by atoms with Crippen LogP contribution in [0.3, 0.4) is 0 Å². The van der Waals surface area contributed by atoms with Gasteiger partial charge in [-0.15, -0.1) is 0 Å². The summed E-state index contributed by atoms with van der Waals surface area (Å²) in [4.78, 5) is 5.52. The number of hydrogen-bond donors (Lipinski definition) is 1. The Morgan fingerprint density at radius 2 is 1.61 bits per heavy atom. The number of rotatable bonds is 4. The van der Waals surface area contributed by atoms with Crippen LogP contribution >= 0.6 is 0 Å². The van der Waals surface area contributed by atoms with Gasteiger partial charge in [-0.25, -0.2) is 8.42 Å². The Morgan fingerprint density at radius 1 is 1.00 bits per heavy atom. The number of nitrogens with zero attached hydrogens (tertiary/aromatic N) is 3. The van der Waals surface area contributed by atoms with Crippen LogP contribution in [0.2, 0.25) is 0 Å². The van der Waals surface area contributed by atoms with Gasteiger partial charge in [0.2, 0.25) is 10.0 Å². The lowest BCUT2D eigenvalue weighted by molar-refractivity contribution is 0.159. The van der Waals surface area contributed by atoms with E-state index in [4.69, 9.17) is 4.84 Å². The van der Waals surface area contributed by atoms with Gasteiger partial charge in [0.15, 0.2) is 0 Å². The van der Waals surface area contributed by atoms with Crippen molar-refractivity contribution in [2.24, 2.45) is 22.1 Å². The molecule has 0 bridgehead atoms. The summed E-state index contributed by atoms with van der Waals surface area (Å²) in [6, 6.07) is 12.3. The molecule has 1 N–H and O–H groups in total. The zero-order valence-corrected chi connectivity index (χ0v) is 18.8. The van der Waals surface area contributed by atoms with Gasteiger partial charge in [0.1, 0.15) is 18.0 Å². The van der Waals surface area contributed by atoms with Gasteiger partial charge < -0.3 is 10.0 Å². The lowest BCUT2D eigenvalue weighted by Crippen LogP contribution is -2.42. The minimum absolute atomic E-state index is 0.184. The highest BCUT2D eigenvalue weighted by molar-refractivity contribution is 7.89. The van der Waals surface area contributed by atoms with Crippen LogP contribution in [0.1, 0.15) is 49.4 Å². The Balaban J connectivity index is 1.84. The Bertz CT molecular complexity index is 1150. The van der Waals surface area contributed by atoms with Crippen molar-refractivity contribution in [2.45, 2.75) is 32.1 Å². The minimum Gasteiger partial charge on any atom is -0.410 e. The Kier molecular flexibility index (Phi) is 5.85. The molecule has 2 unspecified atom stereocenters. The number of sulfonamides is 1. The molecule has 164 valence electrons. The van der Waals surface area contributed by atoms with Crippen LogP contribution < -0.4 is 0 Å². The molecule has 0 saturated carbocycles. The number of oxime groups is 2. The zero-order chi connectivity index (χ0) is 22.2. The first-order valence-corrected chi connectivity index (χ1v) is 12.0. The van der Waals surface area contributed by atoms with Crippen LogP contribution in [0.5, 0.6) is 0 Å². The van der Waals surface area contributed by atoms with Crippen LogP contribution in [-0.2, 0) is 14.9 Å². The summed E-state index contributed by atoms with van der Waals surface area (Å²) in [5.74, 6) is 0.616. The van der Waals surface area contributed by atoms with Gasteiger partial charge in [0, 0.05) is 35.3 Å². The number of hydrogen-bond acceptors (Lipinski definition) is 6. The summed E-state index contributed by atoms with van der Waals surface area (Å²) in [5.41, 5.74) is 3.52. The molecule has 1 aliphatic carbocycles. The molecule has 8 heteroatoms. The van der Waals surface area contributed by atoms with E-state index < -0.39 is 10.0 Å². The van der Waals surface area contributed by atoms with Gasteiger partial charge in [-0.1, -0.05) is 54.5 Å². The topological polar surface area (TPSA) is 91.6 Å². The summed E-state index contributed by atoms with van der Waals surface area (Å²) in [7, 11) is -3.68. The lowest BCUT2D eigenvalue weighted by atomic mass is 9.83. The normalized spacial score (nSPS) is 24.1. The highest BCUT2D eigenvalue weighted by Crippen LogP contribution is 2.32. The van der Waals surface area contributed by atoms with E-state index in [1.807, 2.05) is 31.2 Å². The Hall–Kier alpha value is -2.71. The van der Waals surface area contributed by atoms with Crippen molar-refractivity contribution >= 4 is 21.4 Å². The van der Waals surface area contributed by atoms with Gasteiger partial charge in [-0.2, -0.15) is 4.31 Å². The van der Waals surface area contributed by atoms with E-state index in [0.29, 0.717) is 59.6 Å². The Morgan fingerprint density at radius 3 is 2.23 bits per heavy atom. The van der Waals surface area contributed by atoms with Crippen molar-refractivity contribution in [3.63, 3.8) is 0 Å². The van der Waals surface area contributed by atoms with E-state index in [-0.39, 0.29) is 4.90 Å². The molecule has 2 aromatic rings. The van der Waals surface area contributed by atoms with Gasteiger partial charge in [0.05, 0.1) is 4.90 Å². The van der Waals surface area contributed by atoms with Crippen molar-refractivity contribution in [3.05, 3.63) is 64.7 Å². The monoisotopic (exact) mass is 441 g/mol. The molecule has 2 aliphatic rings. The zero-order valence-electron chi connectivity index (χ0n) is 17.9. The smallest absolute Gasteiger partial charge is 0.243 e. The van der Waals surface area contributed by atoms with E-state index in [2.05, 4.69) is 24.2 Å². The van der Waals surface area contributed by atoms with Gasteiger partial charge in [-0.05, 0) is 37.3 Å². The highest BCUT2D eigenvalue weighted by atomic mass is 32.2. The summed E-state index contributed by atoms with van der Waals surface area (Å²) >= 11 is 0. The maximum Gasteiger partial charge on any atom is 0.243 e.